The van der Waals surface area contributed by atoms with Gasteiger partial charge in [0.05, 0.1) is 16.1 Å². The third-order valence-corrected chi connectivity index (χ3v) is 8.05. The minimum atomic E-state index is -4.08. The van der Waals surface area contributed by atoms with Gasteiger partial charge in [0, 0.05) is 29.9 Å². The van der Waals surface area contributed by atoms with E-state index >= 15 is 0 Å². The van der Waals surface area contributed by atoms with Crippen molar-refractivity contribution < 1.29 is 22.6 Å². The molecule has 37 heavy (non-hydrogen) atoms. The SMILES string of the molecule is CC1(C)c2ccccc2N(CCCS(=O)(=O)O)C12C=Cc1cc([N+](=O)[O-])ccc1O2.CCN(CC)CC. The van der Waals surface area contributed by atoms with E-state index in [4.69, 9.17) is 9.29 Å². The zero-order valence-corrected chi connectivity index (χ0v) is 23.0. The molecule has 1 spiro atoms. The highest BCUT2D eigenvalue weighted by Crippen LogP contribution is 2.55. The van der Waals surface area contributed by atoms with Gasteiger partial charge in [-0.1, -0.05) is 39.0 Å². The number of para-hydroxylation sites is 1. The molecule has 202 valence electrons. The van der Waals surface area contributed by atoms with Gasteiger partial charge in [0.1, 0.15) is 5.75 Å². The van der Waals surface area contributed by atoms with E-state index in [0.29, 0.717) is 17.9 Å². The van der Waals surface area contributed by atoms with Crippen molar-refractivity contribution in [1.82, 2.24) is 4.90 Å². The number of anilines is 1. The maximum atomic E-state index is 11.2. The lowest BCUT2D eigenvalue weighted by Gasteiger charge is -2.47. The second kappa shape index (κ2) is 11.2. The number of nitro benzene ring substituents is 1. The lowest BCUT2D eigenvalue weighted by atomic mass is 9.76. The summed E-state index contributed by atoms with van der Waals surface area (Å²) < 4.78 is 38.1. The maximum absolute atomic E-state index is 11.2. The van der Waals surface area contributed by atoms with Crippen molar-refractivity contribution in [1.29, 1.82) is 0 Å². The zero-order chi connectivity index (χ0) is 27.4. The molecule has 1 N–H and O–H groups in total. The van der Waals surface area contributed by atoms with Gasteiger partial charge in [-0.05, 0) is 69.8 Å². The third kappa shape index (κ3) is 5.81. The largest absolute Gasteiger partial charge is 0.463 e. The van der Waals surface area contributed by atoms with Crippen molar-refractivity contribution >= 4 is 27.6 Å². The van der Waals surface area contributed by atoms with Crippen LogP contribution in [0.25, 0.3) is 6.08 Å². The number of benzene rings is 2. The molecule has 0 saturated carbocycles. The monoisotopic (exact) mass is 531 g/mol. The summed E-state index contributed by atoms with van der Waals surface area (Å²) in [6, 6.07) is 12.3. The van der Waals surface area contributed by atoms with Crippen LogP contribution < -0.4 is 9.64 Å². The van der Waals surface area contributed by atoms with E-state index in [2.05, 4.69) is 39.5 Å². The molecule has 2 heterocycles. The number of ether oxygens (including phenoxy) is 1. The Hall–Kier alpha value is -2.95. The third-order valence-electron chi connectivity index (χ3n) is 7.25. The molecule has 2 aromatic carbocycles. The predicted molar refractivity (Wildman–Crippen MR) is 147 cm³/mol. The van der Waals surface area contributed by atoms with Gasteiger partial charge in [0.15, 0.2) is 0 Å². The van der Waals surface area contributed by atoms with E-state index in [1.807, 2.05) is 41.3 Å². The van der Waals surface area contributed by atoms with E-state index in [-0.39, 0.29) is 17.9 Å². The van der Waals surface area contributed by atoms with Crippen molar-refractivity contribution in [3.63, 3.8) is 0 Å². The molecule has 2 aliphatic rings. The van der Waals surface area contributed by atoms with Crippen LogP contribution in [0.3, 0.4) is 0 Å². The molecule has 0 aliphatic carbocycles. The fraction of sp³-hybridized carbons (Fsp3) is 0.481. The highest BCUT2D eigenvalue weighted by Gasteiger charge is 2.58. The van der Waals surface area contributed by atoms with Gasteiger partial charge in [0.25, 0.3) is 15.8 Å². The van der Waals surface area contributed by atoms with Crippen LogP contribution in [0.4, 0.5) is 11.4 Å². The number of hydrogen-bond donors (Lipinski definition) is 1. The van der Waals surface area contributed by atoms with Crippen LogP contribution in [0, 0.1) is 10.1 Å². The predicted octanol–water partition coefficient (Wildman–Crippen LogP) is 5.12. The summed E-state index contributed by atoms with van der Waals surface area (Å²) in [6.45, 7) is 14.6. The van der Waals surface area contributed by atoms with Crippen LogP contribution in [0.2, 0.25) is 0 Å². The molecular formula is C27H37N3O6S. The molecular weight excluding hydrogens is 494 g/mol. The number of hydrogen-bond acceptors (Lipinski definition) is 7. The molecule has 0 bridgehead atoms. The minimum absolute atomic E-state index is 0.0167. The van der Waals surface area contributed by atoms with Gasteiger partial charge in [0.2, 0.25) is 5.72 Å². The van der Waals surface area contributed by atoms with E-state index in [0.717, 1.165) is 11.3 Å². The average molecular weight is 532 g/mol. The molecule has 0 saturated heterocycles. The molecule has 0 amide bonds. The van der Waals surface area contributed by atoms with Gasteiger partial charge >= 0.3 is 0 Å². The Morgan fingerprint density at radius 2 is 1.73 bits per heavy atom. The summed E-state index contributed by atoms with van der Waals surface area (Å²) >= 11 is 0. The van der Waals surface area contributed by atoms with Gasteiger partial charge < -0.3 is 14.5 Å². The first-order valence-electron chi connectivity index (χ1n) is 12.6. The Kier molecular flexibility index (Phi) is 8.66. The van der Waals surface area contributed by atoms with E-state index < -0.39 is 26.2 Å². The number of nitrogens with zero attached hydrogens (tertiary/aromatic N) is 3. The molecule has 2 aromatic rings. The van der Waals surface area contributed by atoms with Gasteiger partial charge in [-0.25, -0.2) is 0 Å². The quantitative estimate of drug-likeness (QED) is 0.284. The molecule has 0 aromatic heterocycles. The standard InChI is InChI=1S/C21H22N2O6S.C6H15N/c1-20(2)17-6-3-4-7-18(17)22(12-5-13-30(26,27)28)21(20)11-10-15-14-16(23(24)25)8-9-19(15)29-21;1-4-7(5-2)6-3/h3-4,6-11,14H,5,12-13H2,1-2H3,(H,26,27,28);4-6H2,1-3H3. The normalized spacial score (nSPS) is 19.2. The summed E-state index contributed by atoms with van der Waals surface area (Å²) in [4.78, 5) is 15.0. The Bertz CT molecular complexity index is 1250. The molecule has 4 rings (SSSR count). The molecule has 1 atom stereocenters. The summed E-state index contributed by atoms with van der Waals surface area (Å²) in [6.07, 6.45) is 3.91. The Balaban J connectivity index is 0.000000479. The van der Waals surface area contributed by atoms with Crippen LogP contribution in [-0.4, -0.2) is 60.5 Å². The summed E-state index contributed by atoms with van der Waals surface area (Å²) in [7, 11) is -4.08. The van der Waals surface area contributed by atoms with Crippen LogP contribution in [0.5, 0.6) is 5.75 Å². The first-order chi connectivity index (χ1) is 17.4. The molecule has 2 aliphatic heterocycles. The van der Waals surface area contributed by atoms with E-state index in [9.17, 15) is 18.5 Å². The summed E-state index contributed by atoms with van der Waals surface area (Å²) in [5.74, 6) is 0.165. The molecule has 10 heteroatoms. The second-order valence-electron chi connectivity index (χ2n) is 9.66. The molecule has 1 unspecified atom stereocenters. The first-order valence-corrected chi connectivity index (χ1v) is 14.2. The highest BCUT2D eigenvalue weighted by atomic mass is 32.2. The Morgan fingerprint density at radius 1 is 1.08 bits per heavy atom. The molecule has 0 fully saturated rings. The maximum Gasteiger partial charge on any atom is 0.270 e. The topological polar surface area (TPSA) is 113 Å². The van der Waals surface area contributed by atoms with Crippen molar-refractivity contribution in [2.45, 2.75) is 52.2 Å². The number of rotatable bonds is 8. The van der Waals surface area contributed by atoms with Crippen LogP contribution in [-0.2, 0) is 15.5 Å². The molecule has 9 nitrogen and oxygen atoms in total. The molecule has 0 radical (unpaired) electrons. The van der Waals surface area contributed by atoms with Gasteiger partial charge in [-0.2, -0.15) is 8.42 Å². The fourth-order valence-corrected chi connectivity index (χ4v) is 5.56. The summed E-state index contributed by atoms with van der Waals surface area (Å²) in [5.41, 5.74) is 1.12. The Labute approximate surface area is 219 Å². The van der Waals surface area contributed by atoms with Crippen molar-refractivity contribution in [2.24, 2.45) is 0 Å². The average Bonchev–Trinajstić information content (AvgIpc) is 3.03. The number of nitro groups is 1. The fourth-order valence-electron chi connectivity index (χ4n) is 5.07. The second-order valence-corrected chi connectivity index (χ2v) is 11.2. The van der Waals surface area contributed by atoms with E-state index in [1.54, 1.807) is 6.07 Å². The Morgan fingerprint density at radius 3 is 2.30 bits per heavy atom. The number of non-ortho nitro benzene ring substituents is 1. The van der Waals surface area contributed by atoms with Gasteiger partial charge in [-0.15, -0.1) is 0 Å². The lowest BCUT2D eigenvalue weighted by Crippen LogP contribution is -2.59. The minimum Gasteiger partial charge on any atom is -0.463 e. The van der Waals surface area contributed by atoms with Crippen LogP contribution in [0.1, 0.15) is 52.2 Å². The summed E-state index contributed by atoms with van der Waals surface area (Å²) in [5, 5.41) is 11.1. The van der Waals surface area contributed by atoms with Crippen LogP contribution in [0.15, 0.2) is 48.5 Å². The lowest BCUT2D eigenvalue weighted by molar-refractivity contribution is -0.384. The smallest absolute Gasteiger partial charge is 0.270 e. The highest BCUT2D eigenvalue weighted by molar-refractivity contribution is 7.85. The van der Waals surface area contributed by atoms with Crippen molar-refractivity contribution in [3.05, 3.63) is 69.8 Å². The zero-order valence-electron chi connectivity index (χ0n) is 22.2. The van der Waals surface area contributed by atoms with E-state index in [1.165, 1.54) is 31.8 Å². The van der Waals surface area contributed by atoms with Gasteiger partial charge in [-0.3, -0.25) is 14.7 Å². The van der Waals surface area contributed by atoms with Crippen LogP contribution >= 0.6 is 0 Å². The first kappa shape index (κ1) is 28.6. The van der Waals surface area contributed by atoms with Crippen molar-refractivity contribution in [3.8, 4) is 5.75 Å². The number of fused-ring (bicyclic) bond motifs is 2. The van der Waals surface area contributed by atoms with Crippen molar-refractivity contribution in [2.75, 3.05) is 36.8 Å².